The van der Waals surface area contributed by atoms with Crippen molar-refractivity contribution in [3.05, 3.63) is 23.5 Å². The van der Waals surface area contributed by atoms with E-state index in [2.05, 4.69) is 10.3 Å². The molecule has 2 aliphatic rings. The Balaban J connectivity index is 1.64. The predicted molar refractivity (Wildman–Crippen MR) is 98.7 cm³/mol. The van der Waals surface area contributed by atoms with Gasteiger partial charge in [0.15, 0.2) is 11.4 Å². The Morgan fingerprint density at radius 2 is 2.04 bits per heavy atom. The van der Waals surface area contributed by atoms with Crippen LogP contribution < -0.4 is 10.1 Å². The van der Waals surface area contributed by atoms with Crippen molar-refractivity contribution in [1.82, 2.24) is 10.3 Å². The fraction of sp³-hybridized carbons (Fsp3) is 0.700. The number of carbonyl (C=O) groups excluding carboxylic acids is 1. The van der Waals surface area contributed by atoms with Crippen LogP contribution in [0.15, 0.2) is 12.3 Å². The van der Waals surface area contributed by atoms with Gasteiger partial charge in [-0.05, 0) is 63.0 Å². The number of rotatable bonds is 11. The molecule has 1 aromatic rings. The van der Waals surface area contributed by atoms with Gasteiger partial charge in [0.1, 0.15) is 0 Å². The third kappa shape index (κ3) is 5.68. The maximum Gasteiger partial charge on any atom is 0.274 e. The maximum atomic E-state index is 12.8. The van der Waals surface area contributed by atoms with Crippen molar-refractivity contribution in [3.63, 3.8) is 0 Å². The minimum Gasteiger partial charge on any atom is -0.491 e. The molecule has 1 N–H and O–H groups in total. The summed E-state index contributed by atoms with van der Waals surface area (Å²) in [4.78, 5) is 17.2. The smallest absolute Gasteiger partial charge is 0.274 e. The number of amides is 1. The number of methoxy groups -OCH3 is 1. The second kappa shape index (κ2) is 8.35. The van der Waals surface area contributed by atoms with Gasteiger partial charge < -0.3 is 19.5 Å². The van der Waals surface area contributed by atoms with Crippen molar-refractivity contribution in [3.8, 4) is 5.75 Å². The summed E-state index contributed by atoms with van der Waals surface area (Å²) in [5.74, 6) is 1.59. The lowest BCUT2D eigenvalue weighted by atomic mass is 10.1. The molecule has 2 saturated carbocycles. The summed E-state index contributed by atoms with van der Waals surface area (Å²) in [7, 11) is 1.64. The highest BCUT2D eigenvalue weighted by atomic mass is 16.5. The molecule has 0 unspecified atom stereocenters. The number of pyridine rings is 1. The lowest BCUT2D eigenvalue weighted by Gasteiger charge is -2.26. The number of aromatic nitrogens is 1. The van der Waals surface area contributed by atoms with E-state index in [4.69, 9.17) is 14.2 Å². The fourth-order valence-electron chi connectivity index (χ4n) is 2.74. The lowest BCUT2D eigenvalue weighted by Crippen LogP contribution is -2.47. The Hall–Kier alpha value is -1.66. The zero-order valence-corrected chi connectivity index (χ0v) is 16.0. The second-order valence-electron chi connectivity index (χ2n) is 8.03. The Kier molecular flexibility index (Phi) is 6.14. The summed E-state index contributed by atoms with van der Waals surface area (Å²) in [6.45, 7) is 5.97. The quantitative estimate of drug-likeness (QED) is 0.613. The van der Waals surface area contributed by atoms with Crippen LogP contribution in [0, 0.1) is 5.92 Å². The third-order valence-electron chi connectivity index (χ3n) is 4.66. The van der Waals surface area contributed by atoms with Gasteiger partial charge in [-0.15, -0.1) is 0 Å². The molecule has 1 amide bonds. The second-order valence-corrected chi connectivity index (χ2v) is 8.03. The molecular formula is C20H30N2O4. The zero-order valence-electron chi connectivity index (χ0n) is 16.0. The first-order valence-corrected chi connectivity index (χ1v) is 9.50. The van der Waals surface area contributed by atoms with Crippen LogP contribution in [-0.4, -0.2) is 50.0 Å². The summed E-state index contributed by atoms with van der Waals surface area (Å²) in [5, 5.41) is 3.01. The molecule has 0 radical (unpaired) electrons. The van der Waals surface area contributed by atoms with Gasteiger partial charge in [-0.3, -0.25) is 4.79 Å². The van der Waals surface area contributed by atoms with Gasteiger partial charge in [-0.25, -0.2) is 4.98 Å². The average molecular weight is 362 g/mol. The highest BCUT2D eigenvalue weighted by molar-refractivity contribution is 5.95. The summed E-state index contributed by atoms with van der Waals surface area (Å²) in [5.41, 5.74) is 1.03. The molecule has 0 bridgehead atoms. The number of nitrogens with zero attached hydrogens (tertiary/aromatic N) is 1. The molecule has 2 fully saturated rings. The molecule has 6 heteroatoms. The molecule has 0 aromatic carbocycles. The molecular weight excluding hydrogens is 332 g/mol. The first kappa shape index (κ1) is 19.1. The SMILES string of the molecule is COCCOCC(C)(C)NC(=O)c1ncc(C2CC2)cc1OCC1CC1. The third-order valence-corrected chi connectivity index (χ3v) is 4.66. The molecule has 1 heterocycles. The first-order valence-electron chi connectivity index (χ1n) is 9.50. The molecule has 0 spiro atoms. The van der Waals surface area contributed by atoms with Gasteiger partial charge >= 0.3 is 0 Å². The van der Waals surface area contributed by atoms with E-state index in [1.165, 1.54) is 31.2 Å². The van der Waals surface area contributed by atoms with Gasteiger partial charge in [0.05, 0.1) is 32.0 Å². The Bertz CT molecular complexity index is 624. The van der Waals surface area contributed by atoms with Crippen molar-refractivity contribution >= 4 is 5.91 Å². The van der Waals surface area contributed by atoms with E-state index in [-0.39, 0.29) is 5.91 Å². The summed E-state index contributed by atoms with van der Waals surface area (Å²) in [6, 6.07) is 2.00. The minimum atomic E-state index is -0.505. The first-order chi connectivity index (χ1) is 12.5. The van der Waals surface area contributed by atoms with Gasteiger partial charge in [0, 0.05) is 13.3 Å². The minimum absolute atomic E-state index is 0.224. The van der Waals surface area contributed by atoms with E-state index in [1.807, 2.05) is 26.1 Å². The highest BCUT2D eigenvalue weighted by Crippen LogP contribution is 2.41. The Labute approximate surface area is 155 Å². The van der Waals surface area contributed by atoms with Crippen LogP contribution in [0.25, 0.3) is 0 Å². The molecule has 1 aromatic heterocycles. The summed E-state index contributed by atoms with van der Waals surface area (Å²) >= 11 is 0. The molecule has 0 atom stereocenters. The topological polar surface area (TPSA) is 69.7 Å². The van der Waals surface area contributed by atoms with Gasteiger partial charge in [0.2, 0.25) is 0 Å². The molecule has 2 aliphatic carbocycles. The van der Waals surface area contributed by atoms with E-state index >= 15 is 0 Å². The standard InChI is InChI=1S/C20H30N2O4/c1-20(2,13-25-9-8-24-3)22-19(23)18-17(26-12-14-4-5-14)10-16(11-21-18)15-6-7-15/h10-11,14-15H,4-9,12-13H2,1-3H3,(H,22,23). The van der Waals surface area contributed by atoms with Crippen molar-refractivity contribution < 1.29 is 19.0 Å². The predicted octanol–water partition coefficient (Wildman–Crippen LogP) is 2.92. The number of carbonyl (C=O) groups is 1. The monoisotopic (exact) mass is 362 g/mol. The fourth-order valence-corrected chi connectivity index (χ4v) is 2.74. The van der Waals surface area contributed by atoms with E-state index < -0.39 is 5.54 Å². The highest BCUT2D eigenvalue weighted by Gasteiger charge is 2.29. The molecule has 0 aliphatic heterocycles. The largest absolute Gasteiger partial charge is 0.491 e. The van der Waals surface area contributed by atoms with Crippen molar-refractivity contribution in [2.45, 2.75) is 51.0 Å². The maximum absolute atomic E-state index is 12.8. The van der Waals surface area contributed by atoms with Gasteiger partial charge in [0.25, 0.3) is 5.91 Å². The number of hydrogen-bond donors (Lipinski definition) is 1. The normalized spacial score (nSPS) is 17.2. The Morgan fingerprint density at radius 3 is 2.69 bits per heavy atom. The Morgan fingerprint density at radius 1 is 1.27 bits per heavy atom. The van der Waals surface area contributed by atoms with Crippen molar-refractivity contribution in [1.29, 1.82) is 0 Å². The van der Waals surface area contributed by atoms with E-state index in [1.54, 1.807) is 7.11 Å². The van der Waals surface area contributed by atoms with Crippen LogP contribution in [0.2, 0.25) is 0 Å². The van der Waals surface area contributed by atoms with Crippen LogP contribution >= 0.6 is 0 Å². The summed E-state index contributed by atoms with van der Waals surface area (Å²) in [6.07, 6.45) is 6.63. The summed E-state index contributed by atoms with van der Waals surface area (Å²) < 4.78 is 16.5. The zero-order chi connectivity index (χ0) is 18.6. The van der Waals surface area contributed by atoms with Crippen LogP contribution in [-0.2, 0) is 9.47 Å². The lowest BCUT2D eigenvalue weighted by molar-refractivity contribution is 0.0397. The van der Waals surface area contributed by atoms with Crippen LogP contribution in [0.5, 0.6) is 5.75 Å². The van der Waals surface area contributed by atoms with E-state index in [9.17, 15) is 4.79 Å². The average Bonchev–Trinajstić information content (AvgIpc) is 3.48. The molecule has 3 rings (SSSR count). The molecule has 26 heavy (non-hydrogen) atoms. The van der Waals surface area contributed by atoms with Crippen molar-refractivity contribution in [2.75, 3.05) is 33.5 Å². The van der Waals surface area contributed by atoms with Gasteiger partial charge in [-0.1, -0.05) is 0 Å². The number of hydrogen-bond acceptors (Lipinski definition) is 5. The van der Waals surface area contributed by atoms with Crippen molar-refractivity contribution in [2.24, 2.45) is 5.92 Å². The van der Waals surface area contributed by atoms with Crippen LogP contribution in [0.1, 0.15) is 61.5 Å². The number of ether oxygens (including phenoxy) is 3. The van der Waals surface area contributed by atoms with Gasteiger partial charge in [-0.2, -0.15) is 0 Å². The molecule has 0 saturated heterocycles. The van der Waals surface area contributed by atoms with E-state index in [0.717, 1.165) is 0 Å². The molecule has 144 valence electrons. The van der Waals surface area contributed by atoms with Crippen LogP contribution in [0.4, 0.5) is 0 Å². The van der Waals surface area contributed by atoms with Crippen LogP contribution in [0.3, 0.4) is 0 Å². The molecule has 6 nitrogen and oxygen atoms in total. The van der Waals surface area contributed by atoms with E-state index in [0.29, 0.717) is 49.7 Å². The number of nitrogens with one attached hydrogen (secondary N) is 1.